The molecule has 47 heavy (non-hydrogen) atoms. The van der Waals surface area contributed by atoms with Crippen molar-refractivity contribution >= 4 is 28.6 Å². The molecular weight excluding hydrogens is 584 g/mol. The number of anilines is 1. The number of esters is 1. The molecule has 7 heteroatoms. The highest BCUT2D eigenvalue weighted by atomic mass is 16.5. The fraction of sp³-hybridized carbons (Fsp3) is 0.525. The normalized spacial score (nSPS) is 37.8. The third kappa shape index (κ3) is 3.62. The van der Waals surface area contributed by atoms with Crippen LogP contribution in [0.2, 0.25) is 0 Å². The van der Waals surface area contributed by atoms with E-state index in [2.05, 4.69) is 100 Å². The zero-order chi connectivity index (χ0) is 31.6. The summed E-state index contributed by atoms with van der Waals surface area (Å²) in [5.74, 6) is 1.25. The predicted molar refractivity (Wildman–Crippen MR) is 184 cm³/mol. The molecule has 10 unspecified atom stereocenters. The van der Waals surface area contributed by atoms with E-state index in [4.69, 9.17) is 9.47 Å². The Bertz CT molecular complexity index is 1830. The highest BCUT2D eigenvalue weighted by Crippen LogP contribution is 2.65. The maximum Gasteiger partial charge on any atom is 0.313 e. The second-order valence-electron chi connectivity index (χ2n) is 15.4. The number of hydrogen-bond donors (Lipinski definition) is 1. The fourth-order valence-corrected chi connectivity index (χ4v) is 12.1. The summed E-state index contributed by atoms with van der Waals surface area (Å²) in [5.41, 5.74) is 7.88. The molecule has 0 radical (unpaired) electrons. The minimum absolute atomic E-state index is 0.00344. The van der Waals surface area contributed by atoms with Crippen LogP contribution in [-0.2, 0) is 19.7 Å². The highest BCUT2D eigenvalue weighted by Gasteiger charge is 2.70. The Labute approximate surface area is 277 Å². The van der Waals surface area contributed by atoms with Gasteiger partial charge in [-0.1, -0.05) is 61.4 Å². The van der Waals surface area contributed by atoms with Crippen LogP contribution in [-0.4, -0.2) is 72.4 Å². The Morgan fingerprint density at radius 3 is 2.85 bits per heavy atom. The van der Waals surface area contributed by atoms with E-state index >= 15 is 0 Å². The van der Waals surface area contributed by atoms with Gasteiger partial charge in [-0.15, -0.1) is 0 Å². The number of para-hydroxylation sites is 2. The number of methoxy groups -OCH3 is 1. The number of allylic oxidation sites excluding steroid dienone is 1. The molecule has 3 aromatic rings. The summed E-state index contributed by atoms with van der Waals surface area (Å²) in [6.07, 6.45) is 10.9. The highest BCUT2D eigenvalue weighted by molar-refractivity contribution is 5.91. The second-order valence-corrected chi connectivity index (χ2v) is 15.4. The number of carbonyl (C=O) groups excluding carboxylic acids is 1. The van der Waals surface area contributed by atoms with Crippen LogP contribution in [0.4, 0.5) is 5.69 Å². The number of rotatable bonds is 4. The second kappa shape index (κ2) is 10.2. The van der Waals surface area contributed by atoms with Crippen molar-refractivity contribution in [3.05, 3.63) is 83.2 Å². The lowest BCUT2D eigenvalue weighted by atomic mass is 9.54. The number of fused-ring (bicyclic) bond motifs is 9. The van der Waals surface area contributed by atoms with Crippen molar-refractivity contribution < 1.29 is 14.3 Å². The number of nitrogens with zero attached hydrogens (tertiary/aromatic N) is 3. The maximum atomic E-state index is 14.3. The molecule has 1 spiro atoms. The standard InChI is InChI=1S/C40H46N4O3/c1-4-23-21-43-17-15-40-30-11-7-9-13-32(30)44-37(40)29(27(23)19-34(40)43)22-47-38(44)35(39(45)46-3)28-18-33-36-26(14-16-42(33)20-24(28)5-2)25-10-6-8-12-31(25)41-36/h5-14,16,23,27-29,33-35,37-38,41H,4,15,17-22H2,1-3H3. The van der Waals surface area contributed by atoms with Gasteiger partial charge in [0.2, 0.25) is 0 Å². The smallest absolute Gasteiger partial charge is 0.313 e. The van der Waals surface area contributed by atoms with Crippen molar-refractivity contribution in [2.24, 2.45) is 29.6 Å². The Hall–Kier alpha value is -3.55. The molecule has 10 rings (SSSR count). The molecular formula is C40H46N4O3. The van der Waals surface area contributed by atoms with E-state index in [1.807, 2.05) is 0 Å². The van der Waals surface area contributed by atoms with Crippen molar-refractivity contribution in [2.75, 3.05) is 38.3 Å². The van der Waals surface area contributed by atoms with Gasteiger partial charge in [0.15, 0.2) is 0 Å². The Kier molecular flexibility index (Phi) is 6.19. The van der Waals surface area contributed by atoms with Crippen LogP contribution in [0.25, 0.3) is 17.0 Å². The first kappa shape index (κ1) is 28.5. The summed E-state index contributed by atoms with van der Waals surface area (Å²) in [7, 11) is 1.57. The van der Waals surface area contributed by atoms with Crippen LogP contribution in [0.3, 0.4) is 0 Å². The van der Waals surface area contributed by atoms with Gasteiger partial charge < -0.3 is 24.3 Å². The van der Waals surface area contributed by atoms with Crippen LogP contribution in [0, 0.1) is 29.6 Å². The quantitative estimate of drug-likeness (QED) is 0.263. The lowest BCUT2D eigenvalue weighted by Gasteiger charge is -2.61. The Morgan fingerprint density at radius 1 is 1.15 bits per heavy atom. The van der Waals surface area contributed by atoms with Gasteiger partial charge >= 0.3 is 5.97 Å². The van der Waals surface area contributed by atoms with Crippen LogP contribution in [0.5, 0.6) is 0 Å². The Balaban J connectivity index is 1.09. The third-order valence-electron chi connectivity index (χ3n) is 14.0. The number of ether oxygens (including phenoxy) is 2. The third-order valence-corrected chi connectivity index (χ3v) is 14.0. The lowest BCUT2D eigenvalue weighted by molar-refractivity contribution is -0.165. The van der Waals surface area contributed by atoms with Gasteiger partial charge in [-0.3, -0.25) is 9.69 Å². The van der Waals surface area contributed by atoms with E-state index < -0.39 is 5.92 Å². The van der Waals surface area contributed by atoms with Crippen LogP contribution in [0.15, 0.2) is 66.4 Å². The number of carbonyl (C=O) groups is 1. The number of aromatic nitrogens is 1. The minimum atomic E-state index is -0.433. The lowest BCUT2D eigenvalue weighted by Crippen LogP contribution is -2.71. The number of nitrogens with one attached hydrogen (secondary N) is 1. The molecule has 1 aliphatic carbocycles. The summed E-state index contributed by atoms with van der Waals surface area (Å²) in [6, 6.07) is 18.8. The molecule has 244 valence electrons. The van der Waals surface area contributed by atoms with E-state index in [0.717, 1.165) is 19.6 Å². The molecule has 4 saturated heterocycles. The van der Waals surface area contributed by atoms with Gasteiger partial charge in [0, 0.05) is 76.5 Å². The van der Waals surface area contributed by atoms with Gasteiger partial charge in [0.1, 0.15) is 12.1 Å². The van der Waals surface area contributed by atoms with Crippen molar-refractivity contribution in [3.63, 3.8) is 0 Å². The summed E-state index contributed by atoms with van der Waals surface area (Å²) < 4.78 is 12.9. The molecule has 1 aromatic heterocycles. The molecule has 7 aliphatic rings. The first-order valence-electron chi connectivity index (χ1n) is 18.1. The van der Waals surface area contributed by atoms with Crippen molar-refractivity contribution in [1.29, 1.82) is 0 Å². The number of benzene rings is 2. The van der Waals surface area contributed by atoms with Gasteiger partial charge in [0.05, 0.1) is 19.8 Å². The van der Waals surface area contributed by atoms with Gasteiger partial charge in [-0.05, 0) is 68.3 Å². The molecule has 10 atom stereocenters. The minimum Gasteiger partial charge on any atom is -0.469 e. The van der Waals surface area contributed by atoms with Crippen LogP contribution in [0.1, 0.15) is 62.4 Å². The fourth-order valence-electron chi connectivity index (χ4n) is 12.1. The number of piperidine rings is 2. The molecule has 0 amide bonds. The average molecular weight is 631 g/mol. The monoisotopic (exact) mass is 630 g/mol. The topological polar surface area (TPSA) is 61.0 Å². The van der Waals surface area contributed by atoms with E-state index in [0.29, 0.717) is 29.8 Å². The first-order chi connectivity index (χ1) is 23.1. The first-order valence-corrected chi connectivity index (χ1v) is 18.1. The number of H-pyrrole nitrogens is 1. The van der Waals surface area contributed by atoms with Crippen molar-refractivity contribution in [1.82, 2.24) is 14.8 Å². The zero-order valence-corrected chi connectivity index (χ0v) is 27.8. The van der Waals surface area contributed by atoms with E-state index in [1.54, 1.807) is 7.11 Å². The van der Waals surface area contributed by atoms with E-state index in [-0.39, 0.29) is 29.6 Å². The maximum absolute atomic E-state index is 14.3. The van der Waals surface area contributed by atoms with Crippen molar-refractivity contribution in [2.45, 2.75) is 69.3 Å². The van der Waals surface area contributed by atoms with Crippen LogP contribution < -0.4 is 4.90 Å². The molecule has 5 fully saturated rings. The summed E-state index contributed by atoms with van der Waals surface area (Å²) in [5, 5.41) is 1.26. The summed E-state index contributed by atoms with van der Waals surface area (Å²) in [6.45, 7) is 8.44. The van der Waals surface area contributed by atoms with E-state index in [1.165, 1.54) is 71.3 Å². The largest absolute Gasteiger partial charge is 0.469 e. The van der Waals surface area contributed by atoms with Gasteiger partial charge in [-0.2, -0.15) is 0 Å². The summed E-state index contributed by atoms with van der Waals surface area (Å²) in [4.78, 5) is 26.0. The molecule has 2 aromatic carbocycles. The molecule has 1 N–H and O–H groups in total. The molecule has 1 saturated carbocycles. The van der Waals surface area contributed by atoms with Gasteiger partial charge in [0.25, 0.3) is 0 Å². The molecule has 7 nitrogen and oxygen atoms in total. The SMILES string of the molecule is CC=C1CN2C=Cc3c([nH]c4ccccc34)C2CC1C(C(=O)OC)C1OCC2C3CC4N(CCC45c4ccccc4N1C25)CC3CC. The number of hydrogen-bond acceptors (Lipinski definition) is 6. The molecule has 6 aliphatic heterocycles. The van der Waals surface area contributed by atoms with Crippen molar-refractivity contribution in [3.8, 4) is 0 Å². The molecule has 2 bridgehead atoms. The summed E-state index contributed by atoms with van der Waals surface area (Å²) >= 11 is 0. The van der Waals surface area contributed by atoms with Crippen LogP contribution >= 0.6 is 0 Å². The van der Waals surface area contributed by atoms with Gasteiger partial charge in [-0.25, -0.2) is 0 Å². The zero-order valence-electron chi connectivity index (χ0n) is 27.8. The Morgan fingerprint density at radius 2 is 2.00 bits per heavy atom. The average Bonchev–Trinajstić information content (AvgIpc) is 3.80. The molecule has 7 heterocycles. The predicted octanol–water partition coefficient (Wildman–Crippen LogP) is 6.48. The number of aromatic amines is 1. The van der Waals surface area contributed by atoms with E-state index in [9.17, 15) is 4.79 Å².